The minimum atomic E-state index is -1.43. The predicted octanol–water partition coefficient (Wildman–Crippen LogP) is -1.65. The fourth-order valence-corrected chi connectivity index (χ4v) is 2.82. The van der Waals surface area contributed by atoms with Gasteiger partial charge in [0, 0.05) is 0 Å². The number of aliphatic carboxylic acids is 1. The second-order valence-corrected chi connectivity index (χ2v) is 8.01. The van der Waals surface area contributed by atoms with Crippen LogP contribution in [0.5, 0.6) is 5.75 Å². The standard InChI is InChI=1S/C21H31N5O7/c1-10(2)17(26-18(29)14(22)8-12-4-6-13(27)7-5-12)20(31)25-15(9-16(23)28)19(30)24-11(3)21(32)33/h4-7,10-11,14-15,17,27H,8-9,22H2,1-3H3,(H2,23,28)(H,24,30)(H,25,31)(H,26,29)(H,32,33). The van der Waals surface area contributed by atoms with Crippen molar-refractivity contribution in [2.45, 2.75) is 57.8 Å². The van der Waals surface area contributed by atoms with Gasteiger partial charge in [-0.1, -0.05) is 26.0 Å². The van der Waals surface area contributed by atoms with E-state index in [4.69, 9.17) is 16.6 Å². The van der Waals surface area contributed by atoms with Crippen LogP contribution in [-0.2, 0) is 30.4 Å². The van der Waals surface area contributed by atoms with Gasteiger partial charge in [-0.2, -0.15) is 0 Å². The lowest BCUT2D eigenvalue weighted by Crippen LogP contribution is -2.58. The number of primary amides is 1. The van der Waals surface area contributed by atoms with Gasteiger partial charge in [0.1, 0.15) is 23.9 Å². The lowest BCUT2D eigenvalue weighted by atomic mass is 10.0. The van der Waals surface area contributed by atoms with Gasteiger partial charge in [0.25, 0.3) is 0 Å². The lowest BCUT2D eigenvalue weighted by Gasteiger charge is -2.26. The van der Waals surface area contributed by atoms with Crippen LogP contribution in [0.25, 0.3) is 0 Å². The fraction of sp³-hybridized carbons (Fsp3) is 0.476. The third-order valence-electron chi connectivity index (χ3n) is 4.74. The molecule has 0 spiro atoms. The third-order valence-corrected chi connectivity index (χ3v) is 4.74. The highest BCUT2D eigenvalue weighted by molar-refractivity contribution is 5.96. The number of amides is 4. The van der Waals surface area contributed by atoms with Gasteiger partial charge in [0.05, 0.1) is 12.5 Å². The van der Waals surface area contributed by atoms with Crippen molar-refractivity contribution in [3.05, 3.63) is 29.8 Å². The zero-order valence-corrected chi connectivity index (χ0v) is 18.7. The number of nitrogens with two attached hydrogens (primary N) is 2. The third kappa shape index (κ3) is 9.15. The highest BCUT2D eigenvalue weighted by Gasteiger charge is 2.31. The highest BCUT2D eigenvalue weighted by Crippen LogP contribution is 2.11. The molecule has 12 heteroatoms. The van der Waals surface area contributed by atoms with Crippen LogP contribution < -0.4 is 27.4 Å². The zero-order chi connectivity index (χ0) is 25.3. The Balaban J connectivity index is 2.87. The van der Waals surface area contributed by atoms with Crippen molar-refractivity contribution >= 4 is 29.6 Å². The van der Waals surface area contributed by atoms with Crippen LogP contribution in [0.3, 0.4) is 0 Å². The largest absolute Gasteiger partial charge is 0.508 e. The minimum absolute atomic E-state index is 0.0700. The Hall–Kier alpha value is -3.67. The van der Waals surface area contributed by atoms with E-state index in [2.05, 4.69) is 16.0 Å². The molecule has 0 radical (unpaired) electrons. The van der Waals surface area contributed by atoms with Crippen molar-refractivity contribution in [3.63, 3.8) is 0 Å². The van der Waals surface area contributed by atoms with Crippen molar-refractivity contribution in [1.29, 1.82) is 0 Å². The van der Waals surface area contributed by atoms with E-state index in [0.29, 0.717) is 5.56 Å². The van der Waals surface area contributed by atoms with Crippen LogP contribution in [0.15, 0.2) is 24.3 Å². The molecular formula is C21H31N5O7. The summed E-state index contributed by atoms with van der Waals surface area (Å²) < 4.78 is 0. The molecule has 0 bridgehead atoms. The van der Waals surface area contributed by atoms with Gasteiger partial charge in [-0.25, -0.2) is 0 Å². The lowest BCUT2D eigenvalue weighted by molar-refractivity contribution is -0.142. The number of carboxylic acids is 1. The molecule has 0 aromatic heterocycles. The van der Waals surface area contributed by atoms with E-state index in [0.717, 1.165) is 0 Å². The van der Waals surface area contributed by atoms with Gasteiger partial charge in [-0.15, -0.1) is 0 Å². The maximum Gasteiger partial charge on any atom is 0.325 e. The second-order valence-electron chi connectivity index (χ2n) is 8.01. The number of benzene rings is 1. The number of hydrogen-bond acceptors (Lipinski definition) is 7. The minimum Gasteiger partial charge on any atom is -0.508 e. The van der Waals surface area contributed by atoms with Crippen LogP contribution in [0.2, 0.25) is 0 Å². The van der Waals surface area contributed by atoms with Gasteiger partial charge in [-0.05, 0) is 37.0 Å². The average Bonchev–Trinajstić information content (AvgIpc) is 2.71. The summed E-state index contributed by atoms with van der Waals surface area (Å²) in [5.41, 5.74) is 11.8. The molecule has 4 atom stereocenters. The molecule has 12 nitrogen and oxygen atoms in total. The first-order chi connectivity index (χ1) is 15.3. The smallest absolute Gasteiger partial charge is 0.325 e. The normalized spacial score (nSPS) is 14.5. The Morgan fingerprint density at radius 3 is 1.97 bits per heavy atom. The Bertz CT molecular complexity index is 872. The maximum atomic E-state index is 12.8. The summed E-state index contributed by atoms with van der Waals surface area (Å²) in [4.78, 5) is 60.1. The molecule has 1 aromatic rings. The Morgan fingerprint density at radius 1 is 0.909 bits per heavy atom. The number of carboxylic acid groups (broad SMARTS) is 1. The Labute approximate surface area is 191 Å². The number of nitrogens with one attached hydrogen (secondary N) is 3. The summed E-state index contributed by atoms with van der Waals surface area (Å²) in [6, 6.07) is 1.36. The van der Waals surface area contributed by atoms with Gasteiger partial charge < -0.3 is 37.6 Å². The number of carbonyl (C=O) groups is 5. The summed E-state index contributed by atoms with van der Waals surface area (Å²) in [5, 5.41) is 25.3. The zero-order valence-electron chi connectivity index (χ0n) is 18.7. The monoisotopic (exact) mass is 465 g/mol. The van der Waals surface area contributed by atoms with Gasteiger partial charge in [0.15, 0.2) is 0 Å². The fourth-order valence-electron chi connectivity index (χ4n) is 2.82. The number of phenolic OH excluding ortho intramolecular Hbond substituents is 1. The van der Waals surface area contributed by atoms with Crippen molar-refractivity contribution in [2.75, 3.05) is 0 Å². The first-order valence-corrected chi connectivity index (χ1v) is 10.3. The number of carbonyl (C=O) groups excluding carboxylic acids is 4. The molecule has 0 saturated carbocycles. The van der Waals surface area contributed by atoms with Crippen molar-refractivity contribution in [1.82, 2.24) is 16.0 Å². The second kappa shape index (κ2) is 12.4. The molecule has 4 unspecified atom stereocenters. The first-order valence-electron chi connectivity index (χ1n) is 10.3. The molecule has 33 heavy (non-hydrogen) atoms. The van der Waals surface area contributed by atoms with E-state index in [1.165, 1.54) is 19.1 Å². The number of phenols is 1. The first kappa shape index (κ1) is 27.4. The molecule has 9 N–H and O–H groups in total. The van der Waals surface area contributed by atoms with Crippen LogP contribution >= 0.6 is 0 Å². The molecule has 182 valence electrons. The SMILES string of the molecule is CC(NC(=O)C(CC(N)=O)NC(=O)C(NC(=O)C(N)Cc1ccc(O)cc1)C(C)C)C(=O)O. The summed E-state index contributed by atoms with van der Waals surface area (Å²) in [5.74, 6) is -4.82. The molecule has 0 aliphatic rings. The van der Waals surface area contributed by atoms with Crippen LogP contribution in [-0.4, -0.2) is 64.0 Å². The summed E-state index contributed by atoms with van der Waals surface area (Å²) >= 11 is 0. The summed E-state index contributed by atoms with van der Waals surface area (Å²) in [6.45, 7) is 4.54. The predicted molar refractivity (Wildman–Crippen MR) is 118 cm³/mol. The van der Waals surface area contributed by atoms with Gasteiger partial charge in [-0.3, -0.25) is 24.0 Å². The number of rotatable bonds is 12. The van der Waals surface area contributed by atoms with Crippen LogP contribution in [0.4, 0.5) is 0 Å². The van der Waals surface area contributed by atoms with Crippen molar-refractivity contribution in [2.24, 2.45) is 17.4 Å². The van der Waals surface area contributed by atoms with E-state index in [-0.39, 0.29) is 12.2 Å². The molecule has 0 saturated heterocycles. The molecule has 1 aromatic carbocycles. The summed E-state index contributed by atoms with van der Waals surface area (Å²) in [6.07, 6.45) is -0.415. The van der Waals surface area contributed by atoms with Gasteiger partial charge >= 0.3 is 5.97 Å². The Morgan fingerprint density at radius 2 is 1.48 bits per heavy atom. The Kier molecular flexibility index (Phi) is 10.3. The molecule has 0 fully saturated rings. The maximum absolute atomic E-state index is 12.8. The van der Waals surface area contributed by atoms with E-state index in [9.17, 15) is 29.1 Å². The van der Waals surface area contributed by atoms with E-state index in [1.54, 1.807) is 26.0 Å². The van der Waals surface area contributed by atoms with Gasteiger partial charge in [0.2, 0.25) is 23.6 Å². The molecule has 0 aliphatic heterocycles. The van der Waals surface area contributed by atoms with Crippen molar-refractivity contribution < 1.29 is 34.2 Å². The topological polar surface area (TPSA) is 214 Å². The van der Waals surface area contributed by atoms with Crippen LogP contribution in [0.1, 0.15) is 32.8 Å². The van der Waals surface area contributed by atoms with E-state index >= 15 is 0 Å². The van der Waals surface area contributed by atoms with E-state index < -0.39 is 66.1 Å². The average molecular weight is 466 g/mol. The quantitative estimate of drug-likeness (QED) is 0.189. The summed E-state index contributed by atoms with van der Waals surface area (Å²) in [7, 11) is 0. The molecule has 0 heterocycles. The molecule has 1 rings (SSSR count). The number of hydrogen-bond donors (Lipinski definition) is 7. The molecular weight excluding hydrogens is 434 g/mol. The number of aromatic hydroxyl groups is 1. The molecule has 0 aliphatic carbocycles. The van der Waals surface area contributed by atoms with Crippen LogP contribution in [0, 0.1) is 5.92 Å². The molecule has 4 amide bonds. The van der Waals surface area contributed by atoms with E-state index in [1.807, 2.05) is 0 Å². The highest BCUT2D eigenvalue weighted by atomic mass is 16.4. The van der Waals surface area contributed by atoms with Crippen molar-refractivity contribution in [3.8, 4) is 5.75 Å².